The molecule has 0 spiro atoms. The lowest BCUT2D eigenvalue weighted by Crippen LogP contribution is -2.19. The zero-order valence-electron chi connectivity index (χ0n) is 4.80. The Morgan fingerprint density at radius 2 is 2.25 bits per heavy atom. The largest absolute Gasteiger partial charge is 0.545 e. The summed E-state index contributed by atoms with van der Waals surface area (Å²) in [7, 11) is 1.40. The third-order valence-electron chi connectivity index (χ3n) is 0.643. The van der Waals surface area contributed by atoms with Crippen molar-refractivity contribution in [2.24, 2.45) is 0 Å². The molecule has 0 unspecified atom stereocenters. The van der Waals surface area contributed by atoms with Crippen LogP contribution in [0.5, 0.6) is 0 Å². The molecule has 0 atom stereocenters. The molecule has 0 aromatic heterocycles. The number of carbonyl (C=O) groups is 1. The molecule has 0 aromatic rings. The van der Waals surface area contributed by atoms with Gasteiger partial charge in [-0.05, 0) is 13.0 Å². The normalized spacial score (nSPS) is 11.0. The number of aliphatic carboxylic acids is 1. The van der Waals surface area contributed by atoms with Crippen LogP contribution in [0.1, 0.15) is 6.92 Å². The Bertz CT molecular complexity index is 115. The van der Waals surface area contributed by atoms with Crippen LogP contribution in [0.2, 0.25) is 0 Å². The molecule has 0 amide bonds. The summed E-state index contributed by atoms with van der Waals surface area (Å²) in [6.45, 7) is 1.54. The molecule has 0 saturated heterocycles. The molecule has 3 heteroatoms. The van der Waals surface area contributed by atoms with Crippen LogP contribution in [0.4, 0.5) is 0 Å². The molecule has 0 radical (unpaired) electrons. The molecule has 0 fully saturated rings. The molecule has 0 rings (SSSR count). The number of methoxy groups -OCH3 is 1. The van der Waals surface area contributed by atoms with E-state index in [1.54, 1.807) is 0 Å². The average molecular weight is 115 g/mol. The van der Waals surface area contributed by atoms with Crippen LogP contribution in [-0.4, -0.2) is 13.1 Å². The highest BCUT2D eigenvalue weighted by Crippen LogP contribution is 1.88. The maximum Gasteiger partial charge on any atom is 0.0942 e. The third-order valence-corrected chi connectivity index (χ3v) is 0.643. The van der Waals surface area contributed by atoms with E-state index in [1.165, 1.54) is 14.0 Å². The van der Waals surface area contributed by atoms with E-state index in [9.17, 15) is 9.90 Å². The smallest absolute Gasteiger partial charge is 0.0942 e. The lowest BCUT2D eigenvalue weighted by Gasteiger charge is -1.97. The fourth-order valence-electron chi connectivity index (χ4n) is 0.225. The highest BCUT2D eigenvalue weighted by Gasteiger charge is 1.80. The van der Waals surface area contributed by atoms with Gasteiger partial charge in [0.25, 0.3) is 0 Å². The van der Waals surface area contributed by atoms with Gasteiger partial charge in [0.15, 0.2) is 0 Å². The highest BCUT2D eigenvalue weighted by atomic mass is 16.5. The first kappa shape index (κ1) is 7.01. The molecule has 3 nitrogen and oxygen atoms in total. The van der Waals surface area contributed by atoms with E-state index in [0.717, 1.165) is 6.08 Å². The molecule has 46 valence electrons. The maximum atomic E-state index is 9.70. The third kappa shape index (κ3) is 3.21. The summed E-state index contributed by atoms with van der Waals surface area (Å²) in [6, 6.07) is 0. The summed E-state index contributed by atoms with van der Waals surface area (Å²) in [4.78, 5) is 9.70. The minimum atomic E-state index is -1.23. The van der Waals surface area contributed by atoms with Crippen molar-refractivity contribution >= 4 is 5.97 Å². The van der Waals surface area contributed by atoms with E-state index in [0.29, 0.717) is 5.76 Å². The van der Waals surface area contributed by atoms with Gasteiger partial charge in [0, 0.05) is 0 Å². The quantitative estimate of drug-likeness (QED) is 0.352. The number of allylic oxidation sites excluding steroid dienone is 1. The zero-order chi connectivity index (χ0) is 6.57. The number of hydrogen-bond acceptors (Lipinski definition) is 3. The Morgan fingerprint density at radius 1 is 1.75 bits per heavy atom. The number of carbonyl (C=O) groups excluding carboxylic acids is 1. The second-order valence-electron chi connectivity index (χ2n) is 1.28. The van der Waals surface area contributed by atoms with E-state index in [1.807, 2.05) is 0 Å². The van der Waals surface area contributed by atoms with Gasteiger partial charge in [-0.2, -0.15) is 0 Å². The fourth-order valence-corrected chi connectivity index (χ4v) is 0.225. The maximum absolute atomic E-state index is 9.70. The van der Waals surface area contributed by atoms with Crippen molar-refractivity contribution in [3.63, 3.8) is 0 Å². The first-order valence-corrected chi connectivity index (χ1v) is 2.10. The summed E-state index contributed by atoms with van der Waals surface area (Å²) >= 11 is 0. The van der Waals surface area contributed by atoms with E-state index in [-0.39, 0.29) is 0 Å². The van der Waals surface area contributed by atoms with E-state index in [4.69, 9.17) is 0 Å². The van der Waals surface area contributed by atoms with Gasteiger partial charge in [-0.1, -0.05) is 0 Å². The van der Waals surface area contributed by atoms with Crippen molar-refractivity contribution in [3.8, 4) is 0 Å². The van der Waals surface area contributed by atoms with E-state index < -0.39 is 5.97 Å². The second kappa shape index (κ2) is 3.07. The summed E-state index contributed by atoms with van der Waals surface area (Å²) in [5, 5.41) is 9.70. The molecule has 0 heterocycles. The van der Waals surface area contributed by atoms with Crippen molar-refractivity contribution in [1.29, 1.82) is 0 Å². The van der Waals surface area contributed by atoms with Gasteiger partial charge < -0.3 is 14.6 Å². The number of carboxylic acids is 1. The van der Waals surface area contributed by atoms with Crippen molar-refractivity contribution in [1.82, 2.24) is 0 Å². The van der Waals surface area contributed by atoms with Gasteiger partial charge >= 0.3 is 0 Å². The van der Waals surface area contributed by atoms with E-state index >= 15 is 0 Å². The SMILES string of the molecule is CO/C(C)=C\C(=O)[O-]. The molecular formula is C5H7O3-. The van der Waals surface area contributed by atoms with E-state index in [2.05, 4.69) is 4.74 Å². The Kier molecular flexibility index (Phi) is 2.69. The van der Waals surface area contributed by atoms with Gasteiger partial charge in [-0.15, -0.1) is 0 Å². The summed E-state index contributed by atoms with van der Waals surface area (Å²) in [5.74, 6) is -0.894. The molecule has 0 aliphatic heterocycles. The van der Waals surface area contributed by atoms with Crippen LogP contribution in [0.3, 0.4) is 0 Å². The van der Waals surface area contributed by atoms with Crippen LogP contribution in [0.25, 0.3) is 0 Å². The minimum absolute atomic E-state index is 0.338. The Balaban J connectivity index is 3.75. The van der Waals surface area contributed by atoms with Crippen LogP contribution in [0, 0.1) is 0 Å². The highest BCUT2D eigenvalue weighted by molar-refractivity contribution is 5.78. The molecule has 0 bridgehead atoms. The van der Waals surface area contributed by atoms with Crippen LogP contribution in [0.15, 0.2) is 11.8 Å². The lowest BCUT2D eigenvalue weighted by molar-refractivity contribution is -0.297. The molecular weight excluding hydrogens is 108 g/mol. The average Bonchev–Trinajstić information content (AvgIpc) is 1.65. The fraction of sp³-hybridized carbons (Fsp3) is 0.400. The van der Waals surface area contributed by atoms with Crippen LogP contribution in [-0.2, 0) is 9.53 Å². The topological polar surface area (TPSA) is 49.4 Å². The second-order valence-corrected chi connectivity index (χ2v) is 1.28. The van der Waals surface area contributed by atoms with Gasteiger partial charge in [0.05, 0.1) is 18.8 Å². The van der Waals surface area contributed by atoms with Gasteiger partial charge in [-0.3, -0.25) is 0 Å². The first-order chi connectivity index (χ1) is 3.66. The zero-order valence-corrected chi connectivity index (χ0v) is 4.80. The van der Waals surface area contributed by atoms with Crippen molar-refractivity contribution < 1.29 is 14.6 Å². The Morgan fingerprint density at radius 3 is 2.38 bits per heavy atom. The first-order valence-electron chi connectivity index (χ1n) is 2.10. The van der Waals surface area contributed by atoms with Crippen LogP contribution < -0.4 is 5.11 Å². The monoisotopic (exact) mass is 115 g/mol. The summed E-state index contributed by atoms with van der Waals surface area (Å²) in [6.07, 6.45) is 0.889. The molecule has 0 aromatic carbocycles. The number of rotatable bonds is 2. The standard InChI is InChI=1S/C5H8O3/c1-4(8-2)3-5(6)7/h3H,1-2H3,(H,6,7)/p-1/b4-3-. The van der Waals surface area contributed by atoms with Crippen molar-refractivity contribution in [2.75, 3.05) is 7.11 Å². The van der Waals surface area contributed by atoms with Gasteiger partial charge in [0.2, 0.25) is 0 Å². The Labute approximate surface area is 47.6 Å². The van der Waals surface area contributed by atoms with Gasteiger partial charge in [0.1, 0.15) is 0 Å². The van der Waals surface area contributed by atoms with Crippen molar-refractivity contribution in [2.45, 2.75) is 6.92 Å². The predicted octanol–water partition coefficient (Wildman–Crippen LogP) is -0.714. The molecule has 0 saturated carbocycles. The molecule has 8 heavy (non-hydrogen) atoms. The number of hydrogen-bond donors (Lipinski definition) is 0. The molecule has 0 N–H and O–H groups in total. The van der Waals surface area contributed by atoms with Crippen molar-refractivity contribution in [3.05, 3.63) is 11.8 Å². The molecule has 0 aliphatic carbocycles. The minimum Gasteiger partial charge on any atom is -0.545 e. The summed E-state index contributed by atoms with van der Waals surface area (Å²) in [5.41, 5.74) is 0. The predicted molar refractivity (Wildman–Crippen MR) is 25.8 cm³/mol. The molecule has 0 aliphatic rings. The lowest BCUT2D eigenvalue weighted by atomic mass is 10.5. The number of carboxylic acid groups (broad SMARTS) is 1. The van der Waals surface area contributed by atoms with Crippen LogP contribution >= 0.6 is 0 Å². The summed E-state index contributed by atoms with van der Waals surface area (Å²) < 4.78 is 4.50. The van der Waals surface area contributed by atoms with Gasteiger partial charge in [-0.25, -0.2) is 0 Å². The number of ether oxygens (including phenoxy) is 1. The Hall–Kier alpha value is -0.990.